The number of allylic oxidation sites excluding steroid dienone is 2. The van der Waals surface area contributed by atoms with Gasteiger partial charge in [0.1, 0.15) is 18.1 Å². The number of rotatable bonds is 5. The quantitative estimate of drug-likeness (QED) is 0.648. The summed E-state index contributed by atoms with van der Waals surface area (Å²) in [7, 11) is 0. The summed E-state index contributed by atoms with van der Waals surface area (Å²) >= 11 is 0. The molecule has 0 saturated heterocycles. The molecule has 5 heteroatoms. The van der Waals surface area contributed by atoms with E-state index in [-0.39, 0.29) is 17.5 Å². The van der Waals surface area contributed by atoms with Gasteiger partial charge in [-0.15, -0.1) is 0 Å². The van der Waals surface area contributed by atoms with Crippen LogP contribution in [0.3, 0.4) is 0 Å². The third-order valence-electron chi connectivity index (χ3n) is 4.90. The number of oxime groups is 1. The molecule has 5 nitrogen and oxygen atoms in total. The number of aryl methyl sites for hydroxylation is 1. The molecule has 0 spiro atoms. The third kappa shape index (κ3) is 3.28. The van der Waals surface area contributed by atoms with Crippen LogP contribution < -0.4 is 4.74 Å². The molecule has 134 valence electrons. The van der Waals surface area contributed by atoms with Gasteiger partial charge in [-0.25, -0.2) is 0 Å². The van der Waals surface area contributed by atoms with Crippen molar-refractivity contribution in [1.29, 1.82) is 0 Å². The Labute approximate surface area is 148 Å². The van der Waals surface area contributed by atoms with Crippen molar-refractivity contribution in [2.75, 3.05) is 13.2 Å². The average molecular weight is 343 g/mol. The van der Waals surface area contributed by atoms with Gasteiger partial charge in [-0.05, 0) is 37.3 Å². The monoisotopic (exact) mass is 343 g/mol. The van der Waals surface area contributed by atoms with Gasteiger partial charge in [0.25, 0.3) is 0 Å². The van der Waals surface area contributed by atoms with Gasteiger partial charge < -0.3 is 14.7 Å². The largest absolute Gasteiger partial charge is 0.511 e. The van der Waals surface area contributed by atoms with Crippen LogP contribution in [-0.2, 0) is 16.1 Å². The highest BCUT2D eigenvalue weighted by Gasteiger charge is 2.33. The zero-order valence-corrected chi connectivity index (χ0v) is 15.1. The molecule has 25 heavy (non-hydrogen) atoms. The molecule has 1 N–H and O–H groups in total. The predicted molar refractivity (Wildman–Crippen MR) is 96.4 cm³/mol. The number of benzene rings is 1. The third-order valence-corrected chi connectivity index (χ3v) is 4.90. The van der Waals surface area contributed by atoms with E-state index >= 15 is 0 Å². The van der Waals surface area contributed by atoms with Crippen LogP contribution >= 0.6 is 0 Å². The molecule has 1 aliphatic heterocycles. The summed E-state index contributed by atoms with van der Waals surface area (Å²) in [6.07, 6.45) is 2.23. The first-order valence-electron chi connectivity index (χ1n) is 8.96. The van der Waals surface area contributed by atoms with Gasteiger partial charge >= 0.3 is 0 Å². The van der Waals surface area contributed by atoms with Crippen molar-refractivity contribution in [3.63, 3.8) is 0 Å². The van der Waals surface area contributed by atoms with Crippen molar-refractivity contribution >= 4 is 11.5 Å². The minimum absolute atomic E-state index is 0.0162. The zero-order chi connectivity index (χ0) is 18.0. The number of carbonyl (C=O) groups is 1. The molecule has 0 aromatic heterocycles. The Kier molecular flexibility index (Phi) is 5.11. The number of carbonyl (C=O) groups excluding carboxylic acids is 1. The molecule has 0 amide bonds. The Balaban J connectivity index is 1.93. The van der Waals surface area contributed by atoms with E-state index in [4.69, 9.17) is 9.57 Å². The fourth-order valence-electron chi connectivity index (χ4n) is 3.73. The first-order valence-corrected chi connectivity index (χ1v) is 8.96. The Morgan fingerprint density at radius 3 is 2.84 bits per heavy atom. The molecule has 1 aromatic rings. The number of aliphatic hydroxyl groups excluding tert-OH is 1. The van der Waals surface area contributed by atoms with Gasteiger partial charge in [0.05, 0.1) is 17.9 Å². The second kappa shape index (κ2) is 7.30. The second-order valence-electron chi connectivity index (χ2n) is 6.54. The van der Waals surface area contributed by atoms with Crippen LogP contribution in [-0.4, -0.2) is 29.8 Å². The van der Waals surface area contributed by atoms with E-state index in [1.807, 2.05) is 26.8 Å². The van der Waals surface area contributed by atoms with Crippen LogP contribution in [0.4, 0.5) is 0 Å². The van der Waals surface area contributed by atoms with Crippen LogP contribution in [0.5, 0.6) is 5.75 Å². The standard InChI is InChI=1S/C20H25NO4/c1-4-16(21-25-5-2)19-17(22)10-13(11-18(19)23)14-7-6-12(3)20-15(14)8-9-24-20/h6-7,13,22H,4-5,8-11H2,1-3H3/b21-16-. The average Bonchev–Trinajstić information content (AvgIpc) is 3.08. The maximum absolute atomic E-state index is 12.7. The van der Waals surface area contributed by atoms with Crippen molar-refractivity contribution < 1.29 is 19.5 Å². The highest BCUT2D eigenvalue weighted by Crippen LogP contribution is 2.41. The smallest absolute Gasteiger partial charge is 0.168 e. The maximum Gasteiger partial charge on any atom is 0.168 e. The molecular weight excluding hydrogens is 318 g/mol. The lowest BCUT2D eigenvalue weighted by molar-refractivity contribution is -0.116. The highest BCUT2D eigenvalue weighted by molar-refractivity contribution is 6.23. The van der Waals surface area contributed by atoms with Gasteiger partial charge in [-0.3, -0.25) is 4.79 Å². The molecule has 2 aliphatic rings. The van der Waals surface area contributed by atoms with Gasteiger partial charge in [0.15, 0.2) is 5.78 Å². The maximum atomic E-state index is 12.7. The summed E-state index contributed by atoms with van der Waals surface area (Å²) < 4.78 is 5.74. The van der Waals surface area contributed by atoms with Crippen LogP contribution in [0.1, 0.15) is 55.7 Å². The van der Waals surface area contributed by atoms with Crippen LogP contribution in [0.2, 0.25) is 0 Å². The lowest BCUT2D eigenvalue weighted by Gasteiger charge is -2.25. The molecule has 1 heterocycles. The fourth-order valence-corrected chi connectivity index (χ4v) is 3.73. The first-order chi connectivity index (χ1) is 12.1. The van der Waals surface area contributed by atoms with Crippen molar-refractivity contribution in [3.05, 3.63) is 40.2 Å². The second-order valence-corrected chi connectivity index (χ2v) is 6.54. The Bertz CT molecular complexity index is 748. The SMILES string of the molecule is CCO/N=C(/CC)C1=C(O)CC(c2ccc(C)c3c2CCO3)CC1=O. The van der Waals surface area contributed by atoms with E-state index in [1.54, 1.807) is 0 Å². The summed E-state index contributed by atoms with van der Waals surface area (Å²) in [6.45, 7) is 6.89. The lowest BCUT2D eigenvalue weighted by Crippen LogP contribution is -2.24. The molecule has 0 fully saturated rings. The number of aliphatic hydroxyl groups is 1. The molecular formula is C20H25NO4. The van der Waals surface area contributed by atoms with Crippen LogP contribution in [0, 0.1) is 6.92 Å². The van der Waals surface area contributed by atoms with Gasteiger partial charge in [0.2, 0.25) is 0 Å². The number of hydrogen-bond donors (Lipinski definition) is 1. The molecule has 1 aromatic carbocycles. The van der Waals surface area contributed by atoms with Crippen molar-refractivity contribution in [1.82, 2.24) is 0 Å². The van der Waals surface area contributed by atoms with E-state index in [2.05, 4.69) is 11.2 Å². The van der Waals surface area contributed by atoms with Crippen molar-refractivity contribution in [2.24, 2.45) is 5.16 Å². The first kappa shape index (κ1) is 17.5. The number of hydrogen-bond acceptors (Lipinski definition) is 5. The number of ether oxygens (including phenoxy) is 1. The summed E-state index contributed by atoms with van der Waals surface area (Å²) in [5.74, 6) is 0.987. The zero-order valence-electron chi connectivity index (χ0n) is 15.1. The molecule has 1 unspecified atom stereocenters. The summed E-state index contributed by atoms with van der Waals surface area (Å²) in [6, 6.07) is 4.11. The highest BCUT2D eigenvalue weighted by atomic mass is 16.6. The lowest BCUT2D eigenvalue weighted by atomic mass is 9.79. The number of fused-ring (bicyclic) bond motifs is 1. The predicted octanol–water partition coefficient (Wildman–Crippen LogP) is 3.99. The molecule has 1 atom stereocenters. The minimum atomic E-state index is -0.0673. The van der Waals surface area contributed by atoms with Gasteiger partial charge in [-0.1, -0.05) is 24.2 Å². The summed E-state index contributed by atoms with van der Waals surface area (Å²) in [5, 5.41) is 14.6. The van der Waals surface area contributed by atoms with E-state index < -0.39 is 0 Å². The van der Waals surface area contributed by atoms with Crippen LogP contribution in [0.15, 0.2) is 28.6 Å². The Hall–Kier alpha value is -2.30. The topological polar surface area (TPSA) is 68.1 Å². The number of nitrogens with zero attached hydrogens (tertiary/aromatic N) is 1. The van der Waals surface area contributed by atoms with Gasteiger partial charge in [0, 0.05) is 24.8 Å². The van der Waals surface area contributed by atoms with E-state index in [0.717, 1.165) is 23.3 Å². The minimum Gasteiger partial charge on any atom is -0.511 e. The van der Waals surface area contributed by atoms with Gasteiger partial charge in [-0.2, -0.15) is 0 Å². The summed E-state index contributed by atoms with van der Waals surface area (Å²) in [5.41, 5.74) is 4.30. The molecule has 0 bridgehead atoms. The summed E-state index contributed by atoms with van der Waals surface area (Å²) in [4.78, 5) is 17.8. The Morgan fingerprint density at radius 2 is 2.16 bits per heavy atom. The van der Waals surface area contributed by atoms with Crippen molar-refractivity contribution in [2.45, 2.75) is 52.4 Å². The van der Waals surface area contributed by atoms with Crippen molar-refractivity contribution in [3.8, 4) is 5.75 Å². The molecule has 0 saturated carbocycles. The molecule has 0 radical (unpaired) electrons. The number of ketones is 1. The van der Waals surface area contributed by atoms with E-state index in [0.29, 0.717) is 43.8 Å². The van der Waals surface area contributed by atoms with E-state index in [9.17, 15) is 9.90 Å². The molecule has 3 rings (SSSR count). The van der Waals surface area contributed by atoms with E-state index in [1.165, 1.54) is 5.56 Å². The van der Waals surface area contributed by atoms with Crippen LogP contribution in [0.25, 0.3) is 0 Å². The normalized spacial score (nSPS) is 20.5. The number of Topliss-reactive ketones (excluding diaryl/α,β-unsaturated/α-hetero) is 1. The Morgan fingerprint density at radius 1 is 1.36 bits per heavy atom. The molecule has 1 aliphatic carbocycles. The fraction of sp³-hybridized carbons (Fsp3) is 0.500.